The summed E-state index contributed by atoms with van der Waals surface area (Å²) in [5.41, 5.74) is 2.48. The lowest BCUT2D eigenvalue weighted by molar-refractivity contribution is 0.219. The minimum Gasteiger partial charge on any atom is -0.501 e. The van der Waals surface area contributed by atoms with E-state index in [0.717, 1.165) is 31.6 Å². The van der Waals surface area contributed by atoms with Crippen LogP contribution in [-0.2, 0) is 11.2 Å². The van der Waals surface area contributed by atoms with Crippen molar-refractivity contribution in [2.24, 2.45) is 0 Å². The summed E-state index contributed by atoms with van der Waals surface area (Å²) in [7, 11) is 2.00. The monoisotopic (exact) mass is 238 g/mol. The molecule has 88 valence electrons. The Morgan fingerprint density at radius 2 is 2.50 bits per heavy atom. The zero-order valence-corrected chi connectivity index (χ0v) is 10.6. The molecule has 3 nitrogen and oxygen atoms in total. The van der Waals surface area contributed by atoms with Crippen molar-refractivity contribution in [3.63, 3.8) is 0 Å². The number of aromatic nitrogens is 1. The van der Waals surface area contributed by atoms with Gasteiger partial charge in [0.05, 0.1) is 17.9 Å². The third-order valence-electron chi connectivity index (χ3n) is 2.80. The predicted molar refractivity (Wildman–Crippen MR) is 66.7 cm³/mol. The molecule has 1 atom stereocenters. The number of hydrogen-bond donors (Lipinski definition) is 1. The van der Waals surface area contributed by atoms with E-state index in [1.165, 1.54) is 10.6 Å². The molecule has 2 rings (SSSR count). The average Bonchev–Trinajstić information content (AvgIpc) is 2.73. The molecule has 0 radical (unpaired) electrons. The van der Waals surface area contributed by atoms with E-state index < -0.39 is 0 Å². The normalized spacial score (nSPS) is 17.8. The lowest BCUT2D eigenvalue weighted by Crippen LogP contribution is -2.31. The molecular formula is C12H18N2OS. The summed E-state index contributed by atoms with van der Waals surface area (Å²) in [6, 6.07) is 0.367. The zero-order chi connectivity index (χ0) is 11.4. The molecule has 0 spiro atoms. The van der Waals surface area contributed by atoms with Crippen molar-refractivity contribution in [3.05, 3.63) is 27.9 Å². The number of rotatable bonds is 4. The fraction of sp³-hybridized carbons (Fsp3) is 0.583. The Hall–Kier alpha value is -0.870. The maximum Gasteiger partial charge on any atom is 0.0947 e. The third kappa shape index (κ3) is 2.83. The van der Waals surface area contributed by atoms with Crippen LogP contribution in [0.15, 0.2) is 17.2 Å². The predicted octanol–water partition coefficient (Wildman–Crippen LogP) is 2.28. The summed E-state index contributed by atoms with van der Waals surface area (Å²) in [6.45, 7) is 2.90. The second kappa shape index (κ2) is 5.46. The molecule has 1 aromatic rings. The number of ether oxygens (including phenoxy) is 1. The number of hydrogen-bond acceptors (Lipinski definition) is 4. The van der Waals surface area contributed by atoms with E-state index in [1.807, 2.05) is 20.2 Å². The molecule has 4 heteroatoms. The van der Waals surface area contributed by atoms with Gasteiger partial charge in [-0.15, -0.1) is 11.3 Å². The number of thiazole rings is 1. The molecule has 0 bridgehead atoms. The van der Waals surface area contributed by atoms with Crippen molar-refractivity contribution in [1.29, 1.82) is 0 Å². The van der Waals surface area contributed by atoms with Gasteiger partial charge in [0.15, 0.2) is 0 Å². The molecular weight excluding hydrogens is 220 g/mol. The summed E-state index contributed by atoms with van der Waals surface area (Å²) in [5.74, 6) is 0. The second-order valence-corrected chi connectivity index (χ2v) is 5.04. The van der Waals surface area contributed by atoms with Crippen molar-refractivity contribution < 1.29 is 4.74 Å². The van der Waals surface area contributed by atoms with Gasteiger partial charge < -0.3 is 10.1 Å². The van der Waals surface area contributed by atoms with Crippen LogP contribution >= 0.6 is 11.3 Å². The van der Waals surface area contributed by atoms with Gasteiger partial charge in [-0.05, 0) is 32.4 Å². The summed E-state index contributed by atoms with van der Waals surface area (Å²) >= 11 is 1.74. The molecule has 0 amide bonds. The Morgan fingerprint density at radius 3 is 3.06 bits per heavy atom. The van der Waals surface area contributed by atoms with Crippen molar-refractivity contribution >= 4 is 11.3 Å². The van der Waals surface area contributed by atoms with Crippen LogP contribution in [0.5, 0.6) is 0 Å². The molecule has 1 N–H and O–H groups in total. The molecule has 1 aliphatic rings. The zero-order valence-electron chi connectivity index (χ0n) is 9.82. The first-order valence-corrected chi connectivity index (χ1v) is 6.56. The van der Waals surface area contributed by atoms with Crippen LogP contribution in [-0.4, -0.2) is 24.7 Å². The molecule has 2 heterocycles. The van der Waals surface area contributed by atoms with Crippen LogP contribution in [0.2, 0.25) is 0 Å². The van der Waals surface area contributed by atoms with Gasteiger partial charge in [-0.25, -0.2) is 4.98 Å². The first-order chi connectivity index (χ1) is 7.79. The second-order valence-electron chi connectivity index (χ2n) is 4.10. The topological polar surface area (TPSA) is 34.2 Å². The Kier molecular flexibility index (Phi) is 3.96. The van der Waals surface area contributed by atoms with Gasteiger partial charge in [0, 0.05) is 23.5 Å². The lowest BCUT2D eigenvalue weighted by Gasteiger charge is -2.22. The van der Waals surface area contributed by atoms with Gasteiger partial charge in [-0.3, -0.25) is 0 Å². The largest absolute Gasteiger partial charge is 0.501 e. The SMILES string of the molecule is CNC(Cc1nc(C)cs1)C1=COCCC1. The van der Waals surface area contributed by atoms with Gasteiger partial charge in [0.1, 0.15) is 0 Å². The van der Waals surface area contributed by atoms with E-state index in [-0.39, 0.29) is 0 Å². The highest BCUT2D eigenvalue weighted by molar-refractivity contribution is 7.09. The number of likely N-dealkylation sites (N-methyl/N-ethyl adjacent to an activating group) is 1. The first kappa shape index (κ1) is 11.6. The third-order valence-corrected chi connectivity index (χ3v) is 3.79. The first-order valence-electron chi connectivity index (χ1n) is 5.68. The summed E-state index contributed by atoms with van der Waals surface area (Å²) in [6.07, 6.45) is 5.14. The lowest BCUT2D eigenvalue weighted by atomic mass is 10.00. The molecule has 1 aliphatic heterocycles. The quantitative estimate of drug-likeness (QED) is 0.874. The number of nitrogens with one attached hydrogen (secondary N) is 1. The van der Waals surface area contributed by atoms with E-state index >= 15 is 0 Å². The number of nitrogens with zero attached hydrogens (tertiary/aromatic N) is 1. The van der Waals surface area contributed by atoms with Gasteiger partial charge >= 0.3 is 0 Å². The van der Waals surface area contributed by atoms with Crippen LogP contribution in [0.3, 0.4) is 0 Å². The van der Waals surface area contributed by atoms with Crippen molar-refractivity contribution in [2.45, 2.75) is 32.2 Å². The van der Waals surface area contributed by atoms with Crippen molar-refractivity contribution in [3.8, 4) is 0 Å². The van der Waals surface area contributed by atoms with Crippen LogP contribution in [0, 0.1) is 6.92 Å². The highest BCUT2D eigenvalue weighted by Gasteiger charge is 2.17. The average molecular weight is 238 g/mol. The van der Waals surface area contributed by atoms with Gasteiger partial charge in [-0.2, -0.15) is 0 Å². The molecule has 0 aromatic carbocycles. The Bertz CT molecular complexity index is 373. The molecule has 0 saturated heterocycles. The van der Waals surface area contributed by atoms with Crippen LogP contribution in [0.4, 0.5) is 0 Å². The molecule has 0 saturated carbocycles. The Balaban J connectivity index is 2.02. The van der Waals surface area contributed by atoms with Crippen LogP contribution in [0.25, 0.3) is 0 Å². The standard InChI is InChI=1S/C12H18N2OS/c1-9-8-16-12(14-9)6-11(13-2)10-4-3-5-15-7-10/h7-8,11,13H,3-6H2,1-2H3. The molecule has 16 heavy (non-hydrogen) atoms. The van der Waals surface area contributed by atoms with Crippen LogP contribution in [0.1, 0.15) is 23.5 Å². The van der Waals surface area contributed by atoms with E-state index in [1.54, 1.807) is 11.3 Å². The summed E-state index contributed by atoms with van der Waals surface area (Å²) < 4.78 is 5.39. The van der Waals surface area contributed by atoms with E-state index in [2.05, 4.69) is 15.7 Å². The minimum absolute atomic E-state index is 0.367. The highest BCUT2D eigenvalue weighted by atomic mass is 32.1. The number of aryl methyl sites for hydroxylation is 1. The van der Waals surface area contributed by atoms with Gasteiger partial charge in [0.2, 0.25) is 0 Å². The van der Waals surface area contributed by atoms with Crippen molar-refractivity contribution in [2.75, 3.05) is 13.7 Å². The Labute approximate surface area is 101 Å². The summed E-state index contributed by atoms with van der Waals surface area (Å²) in [4.78, 5) is 4.50. The minimum atomic E-state index is 0.367. The molecule has 1 unspecified atom stereocenters. The van der Waals surface area contributed by atoms with Crippen LogP contribution < -0.4 is 5.32 Å². The highest BCUT2D eigenvalue weighted by Crippen LogP contribution is 2.20. The van der Waals surface area contributed by atoms with Crippen molar-refractivity contribution in [1.82, 2.24) is 10.3 Å². The fourth-order valence-electron chi connectivity index (χ4n) is 1.93. The van der Waals surface area contributed by atoms with Gasteiger partial charge in [0.25, 0.3) is 0 Å². The smallest absolute Gasteiger partial charge is 0.0947 e. The van der Waals surface area contributed by atoms with E-state index in [4.69, 9.17) is 4.74 Å². The van der Waals surface area contributed by atoms with E-state index in [9.17, 15) is 0 Å². The Morgan fingerprint density at radius 1 is 1.62 bits per heavy atom. The van der Waals surface area contributed by atoms with E-state index in [0.29, 0.717) is 6.04 Å². The molecule has 1 aromatic heterocycles. The summed E-state index contributed by atoms with van der Waals surface area (Å²) in [5, 5.41) is 6.65. The maximum absolute atomic E-state index is 5.39. The fourth-order valence-corrected chi connectivity index (χ4v) is 2.75. The van der Waals surface area contributed by atoms with Gasteiger partial charge in [-0.1, -0.05) is 0 Å². The maximum atomic E-state index is 5.39. The molecule has 0 aliphatic carbocycles. The molecule has 0 fully saturated rings.